The Labute approximate surface area is 120 Å². The molecule has 1 N–H and O–H groups in total. The Kier molecular flexibility index (Phi) is 3.21. The standard InChI is InChI=1S/C18H22N2/c1-2-7-17-14(4-1)5-3-6-15(17)12-19-18-9-11-20-10-8-16(18)13-20/h1-7,16,18-19H,8-13H2. The highest BCUT2D eigenvalue weighted by molar-refractivity contribution is 5.85. The van der Waals surface area contributed by atoms with Crippen molar-refractivity contribution in [1.82, 2.24) is 10.2 Å². The SMILES string of the molecule is c1ccc2c(CNC3CCN4CCC3C4)cccc2c1. The first-order valence-electron chi connectivity index (χ1n) is 7.82. The fourth-order valence-electron chi connectivity index (χ4n) is 3.91. The predicted molar refractivity (Wildman–Crippen MR) is 83.7 cm³/mol. The minimum absolute atomic E-state index is 0.715. The van der Waals surface area contributed by atoms with Crippen LogP contribution in [0.4, 0.5) is 0 Å². The van der Waals surface area contributed by atoms with Crippen LogP contribution >= 0.6 is 0 Å². The highest BCUT2D eigenvalue weighted by Crippen LogP contribution is 2.27. The highest BCUT2D eigenvalue weighted by Gasteiger charge is 2.33. The van der Waals surface area contributed by atoms with E-state index in [0.717, 1.165) is 12.5 Å². The van der Waals surface area contributed by atoms with Gasteiger partial charge < -0.3 is 10.2 Å². The average Bonchev–Trinajstić information content (AvgIpc) is 2.89. The van der Waals surface area contributed by atoms with Crippen LogP contribution in [-0.2, 0) is 6.54 Å². The lowest BCUT2D eigenvalue weighted by atomic mass is 9.93. The number of rotatable bonds is 3. The highest BCUT2D eigenvalue weighted by atomic mass is 15.2. The first-order chi connectivity index (χ1) is 9.90. The van der Waals surface area contributed by atoms with E-state index in [1.54, 1.807) is 0 Å². The van der Waals surface area contributed by atoms with Crippen molar-refractivity contribution < 1.29 is 0 Å². The Bertz CT molecular complexity index is 602. The molecule has 2 aliphatic rings. The zero-order valence-electron chi connectivity index (χ0n) is 11.9. The number of nitrogens with one attached hydrogen (secondary N) is 1. The largest absolute Gasteiger partial charge is 0.310 e. The van der Waals surface area contributed by atoms with Gasteiger partial charge in [-0.25, -0.2) is 0 Å². The minimum atomic E-state index is 0.715. The second-order valence-electron chi connectivity index (χ2n) is 6.26. The second-order valence-corrected chi connectivity index (χ2v) is 6.26. The Balaban J connectivity index is 1.50. The molecule has 3 atom stereocenters. The third-order valence-corrected chi connectivity index (χ3v) is 5.07. The topological polar surface area (TPSA) is 15.3 Å². The molecule has 2 nitrogen and oxygen atoms in total. The van der Waals surface area contributed by atoms with Crippen molar-refractivity contribution in [3.05, 3.63) is 48.0 Å². The fraction of sp³-hybridized carbons (Fsp3) is 0.444. The van der Waals surface area contributed by atoms with Gasteiger partial charge in [-0.2, -0.15) is 0 Å². The molecule has 0 spiro atoms. The van der Waals surface area contributed by atoms with Crippen molar-refractivity contribution >= 4 is 10.8 Å². The summed E-state index contributed by atoms with van der Waals surface area (Å²) in [7, 11) is 0. The molecule has 0 aliphatic carbocycles. The lowest BCUT2D eigenvalue weighted by molar-refractivity contribution is 0.220. The van der Waals surface area contributed by atoms with E-state index >= 15 is 0 Å². The number of benzene rings is 2. The van der Waals surface area contributed by atoms with Crippen molar-refractivity contribution in [2.75, 3.05) is 19.6 Å². The molecule has 0 saturated carbocycles. The summed E-state index contributed by atoms with van der Waals surface area (Å²) in [5, 5.41) is 6.58. The van der Waals surface area contributed by atoms with E-state index in [-0.39, 0.29) is 0 Å². The van der Waals surface area contributed by atoms with Gasteiger partial charge in [0.1, 0.15) is 0 Å². The quantitative estimate of drug-likeness (QED) is 0.918. The van der Waals surface area contributed by atoms with E-state index < -0.39 is 0 Å². The molecule has 2 aromatic carbocycles. The van der Waals surface area contributed by atoms with Crippen LogP contribution in [0.1, 0.15) is 18.4 Å². The van der Waals surface area contributed by atoms with Crippen molar-refractivity contribution in [3.63, 3.8) is 0 Å². The molecule has 4 rings (SSSR count). The molecule has 2 aliphatic heterocycles. The van der Waals surface area contributed by atoms with Gasteiger partial charge in [-0.05, 0) is 48.2 Å². The molecule has 20 heavy (non-hydrogen) atoms. The molecule has 2 heteroatoms. The molecular weight excluding hydrogens is 244 g/mol. The van der Waals surface area contributed by atoms with Crippen molar-refractivity contribution in [1.29, 1.82) is 0 Å². The smallest absolute Gasteiger partial charge is 0.0214 e. The first kappa shape index (κ1) is 12.4. The Morgan fingerprint density at radius 2 is 1.85 bits per heavy atom. The zero-order chi connectivity index (χ0) is 13.4. The molecule has 2 saturated heterocycles. The second kappa shape index (κ2) is 5.19. The maximum atomic E-state index is 3.83. The van der Waals surface area contributed by atoms with Crippen LogP contribution in [0.2, 0.25) is 0 Å². The fourth-order valence-corrected chi connectivity index (χ4v) is 3.91. The van der Waals surface area contributed by atoms with Gasteiger partial charge in [0.25, 0.3) is 0 Å². The molecule has 2 aromatic rings. The van der Waals surface area contributed by atoms with Crippen LogP contribution in [-0.4, -0.2) is 30.6 Å². The molecule has 2 fully saturated rings. The Hall–Kier alpha value is -1.38. The average molecular weight is 266 g/mol. The van der Waals surface area contributed by atoms with Crippen molar-refractivity contribution in [2.24, 2.45) is 5.92 Å². The van der Waals surface area contributed by atoms with Crippen LogP contribution < -0.4 is 5.32 Å². The molecule has 2 heterocycles. The van der Waals surface area contributed by atoms with Gasteiger partial charge in [0, 0.05) is 19.1 Å². The molecular formula is C18H22N2. The summed E-state index contributed by atoms with van der Waals surface area (Å²) in [5.74, 6) is 0.874. The van der Waals surface area contributed by atoms with E-state index in [9.17, 15) is 0 Å². The molecule has 3 unspecified atom stereocenters. The van der Waals surface area contributed by atoms with Gasteiger partial charge in [-0.15, -0.1) is 0 Å². The first-order valence-corrected chi connectivity index (χ1v) is 7.82. The van der Waals surface area contributed by atoms with E-state index in [1.165, 1.54) is 48.8 Å². The van der Waals surface area contributed by atoms with Gasteiger partial charge in [0.15, 0.2) is 0 Å². The molecule has 0 radical (unpaired) electrons. The van der Waals surface area contributed by atoms with Crippen LogP contribution in [0.5, 0.6) is 0 Å². The summed E-state index contributed by atoms with van der Waals surface area (Å²) in [6.45, 7) is 4.91. The van der Waals surface area contributed by atoms with Crippen LogP contribution in [0.25, 0.3) is 10.8 Å². The van der Waals surface area contributed by atoms with E-state index in [2.05, 4.69) is 52.7 Å². The maximum absolute atomic E-state index is 3.83. The van der Waals surface area contributed by atoms with E-state index in [1.807, 2.05) is 0 Å². The minimum Gasteiger partial charge on any atom is -0.310 e. The third-order valence-electron chi connectivity index (χ3n) is 5.07. The number of piperidine rings is 1. The Morgan fingerprint density at radius 1 is 1.00 bits per heavy atom. The van der Waals surface area contributed by atoms with Gasteiger partial charge in [0.2, 0.25) is 0 Å². The van der Waals surface area contributed by atoms with Gasteiger partial charge in [-0.1, -0.05) is 42.5 Å². The summed E-state index contributed by atoms with van der Waals surface area (Å²) >= 11 is 0. The zero-order valence-corrected chi connectivity index (χ0v) is 11.9. The number of nitrogens with zero attached hydrogens (tertiary/aromatic N) is 1. The van der Waals surface area contributed by atoms with Gasteiger partial charge in [-0.3, -0.25) is 0 Å². The van der Waals surface area contributed by atoms with Crippen molar-refractivity contribution in [2.45, 2.75) is 25.4 Å². The Morgan fingerprint density at radius 3 is 2.85 bits per heavy atom. The molecule has 2 bridgehead atoms. The van der Waals surface area contributed by atoms with E-state index in [0.29, 0.717) is 6.04 Å². The van der Waals surface area contributed by atoms with Crippen LogP contribution in [0.15, 0.2) is 42.5 Å². The monoisotopic (exact) mass is 266 g/mol. The van der Waals surface area contributed by atoms with Crippen molar-refractivity contribution in [3.8, 4) is 0 Å². The van der Waals surface area contributed by atoms with Crippen LogP contribution in [0.3, 0.4) is 0 Å². The summed E-state index contributed by atoms with van der Waals surface area (Å²) < 4.78 is 0. The number of hydrogen-bond donors (Lipinski definition) is 1. The van der Waals surface area contributed by atoms with Crippen LogP contribution in [0, 0.1) is 5.92 Å². The normalized spacial score (nSPS) is 28.9. The summed E-state index contributed by atoms with van der Waals surface area (Å²) in [4.78, 5) is 2.61. The summed E-state index contributed by atoms with van der Waals surface area (Å²) in [6.07, 6.45) is 2.70. The van der Waals surface area contributed by atoms with E-state index in [4.69, 9.17) is 0 Å². The summed E-state index contributed by atoms with van der Waals surface area (Å²) in [6, 6.07) is 16.1. The van der Waals surface area contributed by atoms with Gasteiger partial charge >= 0.3 is 0 Å². The molecule has 0 aromatic heterocycles. The lowest BCUT2D eigenvalue weighted by Crippen LogP contribution is -2.43. The molecule has 104 valence electrons. The lowest BCUT2D eigenvalue weighted by Gasteiger charge is -2.31. The third kappa shape index (κ3) is 2.23. The number of hydrogen-bond acceptors (Lipinski definition) is 2. The molecule has 0 amide bonds. The predicted octanol–water partition coefficient (Wildman–Crippen LogP) is 3.02. The number of fused-ring (bicyclic) bond motifs is 3. The van der Waals surface area contributed by atoms with Gasteiger partial charge in [0.05, 0.1) is 0 Å². The summed E-state index contributed by atoms with van der Waals surface area (Å²) in [5.41, 5.74) is 1.43. The maximum Gasteiger partial charge on any atom is 0.0214 e.